The summed E-state index contributed by atoms with van der Waals surface area (Å²) in [7, 11) is 0. The van der Waals surface area contributed by atoms with Gasteiger partial charge in [-0.2, -0.15) is 0 Å². The molecule has 6 nitrogen and oxygen atoms in total. The van der Waals surface area contributed by atoms with E-state index in [1.54, 1.807) is 0 Å². The molecule has 0 radical (unpaired) electrons. The van der Waals surface area contributed by atoms with Crippen LogP contribution < -0.4 is 4.90 Å². The third-order valence-electron chi connectivity index (χ3n) is 15.5. The molecule has 0 saturated heterocycles. The molecule has 74 heavy (non-hydrogen) atoms. The number of benzene rings is 11. The van der Waals surface area contributed by atoms with Gasteiger partial charge in [0.2, 0.25) is 0 Å². The summed E-state index contributed by atoms with van der Waals surface area (Å²) in [4.78, 5) is 7.97. The normalized spacial score (nSPS) is 13.9. The summed E-state index contributed by atoms with van der Waals surface area (Å²) in [5, 5.41) is 9.63. The molecule has 346 valence electrons. The summed E-state index contributed by atoms with van der Waals surface area (Å²) in [6, 6.07) is 95.0. The number of amidine groups is 1. The number of hydrogen-bond donors (Lipinski definition) is 0. The van der Waals surface area contributed by atoms with Crippen LogP contribution in [0.2, 0.25) is 0 Å². The number of rotatable bonds is 7. The van der Waals surface area contributed by atoms with Crippen LogP contribution >= 0.6 is 0 Å². The average molecular weight is 945 g/mol. The van der Waals surface area contributed by atoms with E-state index in [2.05, 4.69) is 284 Å². The monoisotopic (exact) mass is 944 g/mol. The van der Waals surface area contributed by atoms with Gasteiger partial charge in [0.05, 0.1) is 49.8 Å². The summed E-state index contributed by atoms with van der Waals surface area (Å²) in [5.41, 5.74) is 17.1. The molecule has 4 aromatic heterocycles. The fourth-order valence-electron chi connectivity index (χ4n) is 12.5. The fourth-order valence-corrected chi connectivity index (χ4v) is 12.5. The topological polar surface area (TPSA) is 35.3 Å². The lowest BCUT2D eigenvalue weighted by Gasteiger charge is -2.41. The molecular weight excluding hydrogens is 901 g/mol. The second-order valence-electron chi connectivity index (χ2n) is 19.4. The highest BCUT2D eigenvalue weighted by atomic mass is 15.4. The minimum Gasteiger partial charge on any atom is -0.309 e. The SMILES string of the molecule is c1ccc(C2=NC(c3ccccc3)N2c2cc3c4cc(-n5c6ccccc6c6ccc7c(c8ccccc8n7-c7ccccc7)c65)ccc4n(-c4ccccc4)c3c3c4ccccc4n(-c4ccccc4)c23)cc1. The number of aliphatic imine (C=N–C) groups is 1. The molecule has 0 aliphatic carbocycles. The van der Waals surface area contributed by atoms with Crippen molar-refractivity contribution in [3.05, 3.63) is 272 Å². The maximum Gasteiger partial charge on any atom is 0.155 e. The summed E-state index contributed by atoms with van der Waals surface area (Å²) < 4.78 is 9.95. The minimum absolute atomic E-state index is 0.245. The molecule has 0 N–H and O–H groups in total. The molecule has 0 spiro atoms. The number of para-hydroxylation sites is 6. The largest absolute Gasteiger partial charge is 0.309 e. The molecule has 6 heteroatoms. The van der Waals surface area contributed by atoms with Gasteiger partial charge in [0, 0.05) is 71.4 Å². The molecule has 1 atom stereocenters. The summed E-state index contributed by atoms with van der Waals surface area (Å²) in [6.45, 7) is 0. The fraction of sp³-hybridized carbons (Fsp3) is 0.0147. The van der Waals surface area contributed by atoms with E-state index in [-0.39, 0.29) is 6.17 Å². The van der Waals surface area contributed by atoms with Crippen LogP contribution in [-0.4, -0.2) is 24.1 Å². The zero-order valence-corrected chi connectivity index (χ0v) is 40.1. The Bertz CT molecular complexity index is 4760. The van der Waals surface area contributed by atoms with Crippen LogP contribution in [0.15, 0.2) is 266 Å². The van der Waals surface area contributed by atoms with Gasteiger partial charge in [-0.15, -0.1) is 0 Å². The summed E-state index contributed by atoms with van der Waals surface area (Å²) >= 11 is 0. The number of hydrogen-bond acceptors (Lipinski definition) is 2. The van der Waals surface area contributed by atoms with Crippen LogP contribution in [0.3, 0.4) is 0 Å². The van der Waals surface area contributed by atoms with Gasteiger partial charge in [-0.3, -0.25) is 4.90 Å². The van der Waals surface area contributed by atoms with Crippen molar-refractivity contribution in [3.63, 3.8) is 0 Å². The van der Waals surface area contributed by atoms with Crippen molar-refractivity contribution in [1.29, 1.82) is 0 Å². The van der Waals surface area contributed by atoms with Crippen molar-refractivity contribution in [1.82, 2.24) is 18.3 Å². The lowest BCUT2D eigenvalue weighted by atomic mass is 10.0. The van der Waals surface area contributed by atoms with Crippen molar-refractivity contribution in [2.45, 2.75) is 6.17 Å². The third kappa shape index (κ3) is 5.73. The number of fused-ring (bicyclic) bond motifs is 14. The smallest absolute Gasteiger partial charge is 0.155 e. The van der Waals surface area contributed by atoms with Crippen molar-refractivity contribution in [3.8, 4) is 22.7 Å². The molecule has 1 aliphatic heterocycles. The Morgan fingerprint density at radius 3 is 1.39 bits per heavy atom. The van der Waals surface area contributed by atoms with Gasteiger partial charge >= 0.3 is 0 Å². The Morgan fingerprint density at radius 2 is 0.743 bits per heavy atom. The Labute approximate surface area is 425 Å². The summed E-state index contributed by atoms with van der Waals surface area (Å²) in [5.74, 6) is 0.946. The molecule has 0 saturated carbocycles. The molecule has 11 aromatic carbocycles. The molecule has 1 unspecified atom stereocenters. The van der Waals surface area contributed by atoms with E-state index < -0.39 is 0 Å². The van der Waals surface area contributed by atoms with Crippen LogP contribution in [0.4, 0.5) is 5.69 Å². The average Bonchev–Trinajstić information content (AvgIpc) is 4.20. The van der Waals surface area contributed by atoms with E-state index in [1.165, 1.54) is 70.7 Å². The predicted octanol–water partition coefficient (Wildman–Crippen LogP) is 17.0. The number of nitrogens with zero attached hydrogens (tertiary/aromatic N) is 6. The van der Waals surface area contributed by atoms with Gasteiger partial charge < -0.3 is 18.3 Å². The van der Waals surface area contributed by atoms with Gasteiger partial charge in [0.25, 0.3) is 0 Å². The Kier molecular flexibility index (Phi) is 8.70. The van der Waals surface area contributed by atoms with Crippen LogP contribution in [-0.2, 0) is 0 Å². The zero-order valence-electron chi connectivity index (χ0n) is 40.1. The van der Waals surface area contributed by atoms with Crippen molar-refractivity contribution in [2.75, 3.05) is 4.90 Å². The van der Waals surface area contributed by atoms with Gasteiger partial charge in [-0.25, -0.2) is 4.99 Å². The van der Waals surface area contributed by atoms with Gasteiger partial charge in [0.15, 0.2) is 6.17 Å². The van der Waals surface area contributed by atoms with E-state index in [1.807, 2.05) is 0 Å². The zero-order chi connectivity index (χ0) is 48.4. The molecule has 0 fully saturated rings. The molecule has 1 aliphatic rings. The molecular formula is C68H44N6. The Hall–Kier alpha value is -9.91. The molecule has 5 heterocycles. The van der Waals surface area contributed by atoms with E-state index >= 15 is 0 Å². The minimum atomic E-state index is -0.245. The number of anilines is 1. The Balaban J connectivity index is 1.07. The lowest BCUT2D eigenvalue weighted by molar-refractivity contribution is 0.691. The second-order valence-corrected chi connectivity index (χ2v) is 19.4. The van der Waals surface area contributed by atoms with E-state index in [0.29, 0.717) is 0 Å². The highest BCUT2D eigenvalue weighted by Gasteiger charge is 2.38. The van der Waals surface area contributed by atoms with Crippen molar-refractivity contribution in [2.24, 2.45) is 4.99 Å². The van der Waals surface area contributed by atoms with E-state index in [9.17, 15) is 0 Å². The third-order valence-corrected chi connectivity index (χ3v) is 15.5. The molecule has 0 amide bonds. The van der Waals surface area contributed by atoms with Crippen LogP contribution in [0, 0.1) is 0 Å². The number of aromatic nitrogens is 4. The maximum absolute atomic E-state index is 5.47. The first-order valence-corrected chi connectivity index (χ1v) is 25.4. The van der Waals surface area contributed by atoms with E-state index in [0.717, 1.165) is 61.9 Å². The highest BCUT2D eigenvalue weighted by Crippen LogP contribution is 2.51. The first kappa shape index (κ1) is 40.8. The van der Waals surface area contributed by atoms with Crippen LogP contribution in [0.25, 0.3) is 110 Å². The van der Waals surface area contributed by atoms with Gasteiger partial charge in [0.1, 0.15) is 5.84 Å². The van der Waals surface area contributed by atoms with Crippen LogP contribution in [0.1, 0.15) is 17.3 Å². The van der Waals surface area contributed by atoms with E-state index in [4.69, 9.17) is 4.99 Å². The van der Waals surface area contributed by atoms with Gasteiger partial charge in [-0.1, -0.05) is 176 Å². The summed E-state index contributed by atoms with van der Waals surface area (Å²) in [6.07, 6.45) is -0.245. The second kappa shape index (κ2) is 15.8. The predicted molar refractivity (Wildman–Crippen MR) is 308 cm³/mol. The maximum atomic E-state index is 5.47. The molecule has 0 bridgehead atoms. The Morgan fingerprint density at radius 1 is 0.284 bits per heavy atom. The standard InChI is InChI=1S/C68H44N6/c1-6-22-44(23-7-1)67-69-68(45-24-8-2-9-25-45)74(67)61-43-55-54-42-49(73-56-35-19-16-32-50(56)51-39-41-60-62(64(51)73)52-33-17-20-36-57(52)70(60)46-26-10-3-11-27-46)38-40-59(54)71(47-28-12-4-13-29-47)65(55)63-53-34-18-21-37-58(53)72(66(61)63)48-30-14-5-15-31-48/h1-43,67H. The quantitative estimate of drug-likeness (QED) is 0.157. The first-order valence-electron chi connectivity index (χ1n) is 25.4. The lowest BCUT2D eigenvalue weighted by Crippen LogP contribution is -2.44. The molecule has 15 aromatic rings. The van der Waals surface area contributed by atoms with Crippen molar-refractivity contribution >= 4 is 98.7 Å². The molecule has 16 rings (SSSR count). The van der Waals surface area contributed by atoms with Crippen LogP contribution in [0.5, 0.6) is 0 Å². The van der Waals surface area contributed by atoms with Crippen molar-refractivity contribution < 1.29 is 0 Å². The highest BCUT2D eigenvalue weighted by molar-refractivity contribution is 6.32. The van der Waals surface area contributed by atoms with Gasteiger partial charge in [-0.05, 0) is 90.5 Å². The first-order chi connectivity index (χ1) is 36.8.